The molecule has 0 heterocycles. The van der Waals surface area contributed by atoms with Crippen molar-refractivity contribution in [3.63, 3.8) is 0 Å². The van der Waals surface area contributed by atoms with E-state index in [0.29, 0.717) is 22.8 Å². The lowest BCUT2D eigenvalue weighted by Gasteiger charge is -2.12. The minimum atomic E-state index is -0.347. The van der Waals surface area contributed by atoms with Crippen molar-refractivity contribution in [2.75, 3.05) is 12.8 Å². The van der Waals surface area contributed by atoms with Gasteiger partial charge in [-0.05, 0) is 30.7 Å². The second kappa shape index (κ2) is 4.96. The minimum Gasteiger partial charge on any atom is -0.493 e. The average molecular weight is 247 g/mol. The number of anilines is 1. The Labute approximate surface area is 105 Å². The number of hydrogen-bond donors (Lipinski definition) is 1. The normalized spacial score (nSPS) is 10.2. The first-order chi connectivity index (χ1) is 8.61. The maximum atomic E-state index is 13.3. The van der Waals surface area contributed by atoms with Crippen molar-refractivity contribution in [2.45, 2.75) is 6.92 Å². The molecule has 94 valence electrons. The lowest BCUT2D eigenvalue weighted by atomic mass is 10.2. The fourth-order valence-corrected chi connectivity index (χ4v) is 1.58. The third-order valence-corrected chi connectivity index (χ3v) is 2.58. The van der Waals surface area contributed by atoms with Crippen LogP contribution in [-0.2, 0) is 0 Å². The molecule has 2 rings (SSSR count). The first kappa shape index (κ1) is 12.2. The first-order valence-electron chi connectivity index (χ1n) is 5.48. The van der Waals surface area contributed by atoms with Crippen LogP contribution in [0.1, 0.15) is 5.56 Å². The molecule has 0 radical (unpaired) electrons. The van der Waals surface area contributed by atoms with E-state index in [4.69, 9.17) is 15.2 Å². The van der Waals surface area contributed by atoms with Crippen LogP contribution in [0.5, 0.6) is 17.2 Å². The SMILES string of the molecule is COc1ccccc1Oc1cc(C)c(F)cc1N. The van der Waals surface area contributed by atoms with Crippen molar-refractivity contribution in [2.24, 2.45) is 0 Å². The zero-order valence-electron chi connectivity index (χ0n) is 10.2. The van der Waals surface area contributed by atoms with Gasteiger partial charge in [0, 0.05) is 6.07 Å². The molecule has 3 nitrogen and oxygen atoms in total. The summed E-state index contributed by atoms with van der Waals surface area (Å²) in [6.07, 6.45) is 0. The van der Waals surface area contributed by atoms with Gasteiger partial charge in [-0.1, -0.05) is 12.1 Å². The van der Waals surface area contributed by atoms with Gasteiger partial charge in [-0.25, -0.2) is 4.39 Å². The van der Waals surface area contributed by atoms with Crippen molar-refractivity contribution in [1.29, 1.82) is 0 Å². The lowest BCUT2D eigenvalue weighted by molar-refractivity contribution is 0.379. The van der Waals surface area contributed by atoms with Crippen molar-refractivity contribution in [3.8, 4) is 17.2 Å². The Balaban J connectivity index is 2.37. The van der Waals surface area contributed by atoms with Gasteiger partial charge in [0.1, 0.15) is 5.82 Å². The van der Waals surface area contributed by atoms with E-state index in [-0.39, 0.29) is 11.5 Å². The second-order valence-electron chi connectivity index (χ2n) is 3.89. The van der Waals surface area contributed by atoms with Crippen molar-refractivity contribution >= 4 is 5.69 Å². The number of aryl methyl sites for hydroxylation is 1. The highest BCUT2D eigenvalue weighted by Gasteiger charge is 2.09. The van der Waals surface area contributed by atoms with Crippen LogP contribution in [0.15, 0.2) is 36.4 Å². The predicted molar refractivity (Wildman–Crippen MR) is 68.6 cm³/mol. The number of rotatable bonds is 3. The summed E-state index contributed by atoms with van der Waals surface area (Å²) in [5.41, 5.74) is 6.46. The molecule has 18 heavy (non-hydrogen) atoms. The van der Waals surface area contributed by atoms with Gasteiger partial charge in [0.2, 0.25) is 0 Å². The van der Waals surface area contributed by atoms with E-state index >= 15 is 0 Å². The Kier molecular flexibility index (Phi) is 3.37. The number of para-hydroxylation sites is 2. The third-order valence-electron chi connectivity index (χ3n) is 2.58. The van der Waals surface area contributed by atoms with Crippen LogP contribution in [0, 0.1) is 12.7 Å². The van der Waals surface area contributed by atoms with Crippen LogP contribution >= 0.6 is 0 Å². The molecule has 0 aromatic heterocycles. The van der Waals surface area contributed by atoms with Crippen molar-refractivity contribution in [3.05, 3.63) is 47.8 Å². The molecule has 0 bridgehead atoms. The summed E-state index contributed by atoms with van der Waals surface area (Å²) < 4.78 is 24.1. The zero-order chi connectivity index (χ0) is 13.1. The number of nitrogen functional groups attached to an aromatic ring is 1. The molecule has 0 spiro atoms. The standard InChI is InChI=1S/C14H14FNO2/c1-9-7-14(11(16)8-10(9)15)18-13-6-4-3-5-12(13)17-2/h3-8H,16H2,1-2H3. The van der Waals surface area contributed by atoms with Crippen LogP contribution < -0.4 is 15.2 Å². The highest BCUT2D eigenvalue weighted by molar-refractivity contribution is 5.57. The number of methoxy groups -OCH3 is 1. The van der Waals surface area contributed by atoms with Crippen molar-refractivity contribution < 1.29 is 13.9 Å². The van der Waals surface area contributed by atoms with Gasteiger partial charge in [0.05, 0.1) is 12.8 Å². The second-order valence-corrected chi connectivity index (χ2v) is 3.89. The molecule has 0 aliphatic heterocycles. The molecule has 4 heteroatoms. The molecule has 0 aliphatic carbocycles. The number of benzene rings is 2. The summed E-state index contributed by atoms with van der Waals surface area (Å²) in [6, 6.07) is 10.0. The Bertz CT molecular complexity index is 570. The molecule has 0 saturated carbocycles. The predicted octanol–water partition coefficient (Wildman–Crippen LogP) is 3.52. The Morgan fingerprint density at radius 1 is 1.06 bits per heavy atom. The molecule has 0 atom stereocenters. The lowest BCUT2D eigenvalue weighted by Crippen LogP contribution is -1.96. The Morgan fingerprint density at radius 3 is 2.39 bits per heavy atom. The number of halogens is 1. The third kappa shape index (κ3) is 2.37. The van der Waals surface area contributed by atoms with Gasteiger partial charge in [-0.3, -0.25) is 0 Å². The van der Waals surface area contributed by atoms with E-state index in [0.717, 1.165) is 0 Å². The van der Waals surface area contributed by atoms with Crippen LogP contribution in [0.25, 0.3) is 0 Å². The van der Waals surface area contributed by atoms with Gasteiger partial charge >= 0.3 is 0 Å². The van der Waals surface area contributed by atoms with Crippen LogP contribution in [0.3, 0.4) is 0 Å². The Morgan fingerprint density at radius 2 is 1.72 bits per heavy atom. The number of ether oxygens (including phenoxy) is 2. The molecule has 0 amide bonds. The molecular formula is C14H14FNO2. The molecule has 0 saturated heterocycles. The van der Waals surface area contributed by atoms with Gasteiger partial charge in [-0.2, -0.15) is 0 Å². The van der Waals surface area contributed by atoms with Crippen LogP contribution in [0.2, 0.25) is 0 Å². The van der Waals surface area contributed by atoms with E-state index in [1.807, 2.05) is 12.1 Å². The average Bonchev–Trinajstić information content (AvgIpc) is 2.36. The summed E-state index contributed by atoms with van der Waals surface area (Å²) in [5.74, 6) is 1.20. The fourth-order valence-electron chi connectivity index (χ4n) is 1.58. The monoisotopic (exact) mass is 247 g/mol. The number of nitrogens with two attached hydrogens (primary N) is 1. The van der Waals surface area contributed by atoms with E-state index in [9.17, 15) is 4.39 Å². The first-order valence-corrected chi connectivity index (χ1v) is 5.48. The van der Waals surface area contributed by atoms with E-state index in [1.54, 1.807) is 32.2 Å². The molecule has 2 aromatic rings. The van der Waals surface area contributed by atoms with Crippen LogP contribution in [0.4, 0.5) is 10.1 Å². The largest absolute Gasteiger partial charge is 0.493 e. The fraction of sp³-hybridized carbons (Fsp3) is 0.143. The van der Waals surface area contributed by atoms with E-state index in [2.05, 4.69) is 0 Å². The van der Waals surface area contributed by atoms with E-state index in [1.165, 1.54) is 6.07 Å². The summed E-state index contributed by atoms with van der Waals surface area (Å²) in [5, 5.41) is 0. The topological polar surface area (TPSA) is 44.5 Å². The smallest absolute Gasteiger partial charge is 0.169 e. The minimum absolute atomic E-state index is 0.254. The summed E-state index contributed by atoms with van der Waals surface area (Å²) in [7, 11) is 1.56. The molecule has 0 aliphatic rings. The molecule has 2 N–H and O–H groups in total. The van der Waals surface area contributed by atoms with Crippen molar-refractivity contribution in [1.82, 2.24) is 0 Å². The van der Waals surface area contributed by atoms with E-state index < -0.39 is 0 Å². The molecular weight excluding hydrogens is 233 g/mol. The highest BCUT2D eigenvalue weighted by atomic mass is 19.1. The quantitative estimate of drug-likeness (QED) is 0.844. The number of hydrogen-bond acceptors (Lipinski definition) is 3. The molecule has 2 aromatic carbocycles. The Hall–Kier alpha value is -2.23. The summed E-state index contributed by atoms with van der Waals surface area (Å²) >= 11 is 0. The zero-order valence-corrected chi connectivity index (χ0v) is 10.2. The van der Waals surface area contributed by atoms with Gasteiger partial charge in [0.25, 0.3) is 0 Å². The van der Waals surface area contributed by atoms with Crippen LogP contribution in [-0.4, -0.2) is 7.11 Å². The molecule has 0 fully saturated rings. The molecule has 0 unspecified atom stereocenters. The van der Waals surface area contributed by atoms with Gasteiger partial charge in [0.15, 0.2) is 17.2 Å². The summed E-state index contributed by atoms with van der Waals surface area (Å²) in [4.78, 5) is 0. The van der Waals surface area contributed by atoms with Gasteiger partial charge < -0.3 is 15.2 Å². The van der Waals surface area contributed by atoms with Gasteiger partial charge in [-0.15, -0.1) is 0 Å². The summed E-state index contributed by atoms with van der Waals surface area (Å²) in [6.45, 7) is 1.66. The highest BCUT2D eigenvalue weighted by Crippen LogP contribution is 2.34. The maximum absolute atomic E-state index is 13.3. The maximum Gasteiger partial charge on any atom is 0.169 e.